The van der Waals surface area contributed by atoms with Crippen molar-refractivity contribution in [1.29, 1.82) is 0 Å². The number of carbonyl (C=O) groups excluding carboxylic acids is 1. The molecule has 2 aromatic rings. The number of anilines is 1. The standard InChI is InChI=1S/C16H16F3N3O2.2ClH/c17-16(18,19)9-24-15(23)13(20)8-10-3-5-11(6-4-10)12-2-1-7-22-14(12)21;;/h1-7,13H,8-9,20H2,(H2,21,22);2*1H/t13-;;/m0../s1. The van der Waals surface area contributed by atoms with Crippen LogP contribution in [-0.2, 0) is 16.0 Å². The Morgan fingerprint density at radius 2 is 1.77 bits per heavy atom. The van der Waals surface area contributed by atoms with E-state index in [1.165, 1.54) is 0 Å². The SMILES string of the molecule is Cl.Cl.Nc1ncccc1-c1ccc(C[C@H](N)C(=O)OCC(F)(F)F)cc1. The van der Waals surface area contributed by atoms with Crippen LogP contribution in [-0.4, -0.2) is 29.8 Å². The molecule has 1 heterocycles. The molecule has 0 aliphatic heterocycles. The highest BCUT2D eigenvalue weighted by molar-refractivity contribution is 5.85. The summed E-state index contributed by atoms with van der Waals surface area (Å²) in [5, 5.41) is 0. The van der Waals surface area contributed by atoms with Gasteiger partial charge in [0, 0.05) is 11.8 Å². The Morgan fingerprint density at radius 3 is 2.31 bits per heavy atom. The summed E-state index contributed by atoms with van der Waals surface area (Å²) in [5.41, 5.74) is 13.7. The number of ether oxygens (including phenoxy) is 1. The second-order valence-corrected chi connectivity index (χ2v) is 5.17. The van der Waals surface area contributed by atoms with Crippen molar-refractivity contribution in [2.45, 2.75) is 18.6 Å². The second kappa shape index (κ2) is 10.2. The summed E-state index contributed by atoms with van der Waals surface area (Å²) in [6, 6.07) is 9.40. The van der Waals surface area contributed by atoms with E-state index >= 15 is 0 Å². The van der Waals surface area contributed by atoms with Gasteiger partial charge >= 0.3 is 12.1 Å². The molecular weight excluding hydrogens is 394 g/mol. The fraction of sp³-hybridized carbons (Fsp3) is 0.250. The number of nitrogen functional groups attached to an aromatic ring is 1. The Morgan fingerprint density at radius 1 is 1.15 bits per heavy atom. The number of hydrogen-bond acceptors (Lipinski definition) is 5. The summed E-state index contributed by atoms with van der Waals surface area (Å²) >= 11 is 0. The largest absolute Gasteiger partial charge is 0.455 e. The van der Waals surface area contributed by atoms with Crippen molar-refractivity contribution in [2.24, 2.45) is 5.73 Å². The Bertz CT molecular complexity index is 713. The molecule has 0 amide bonds. The number of nitrogens with zero attached hydrogens (tertiary/aromatic N) is 1. The zero-order valence-electron chi connectivity index (χ0n) is 13.4. The molecule has 0 unspecified atom stereocenters. The van der Waals surface area contributed by atoms with Crippen molar-refractivity contribution >= 4 is 36.6 Å². The van der Waals surface area contributed by atoms with Crippen molar-refractivity contribution in [3.05, 3.63) is 48.2 Å². The average Bonchev–Trinajstić information content (AvgIpc) is 2.53. The summed E-state index contributed by atoms with van der Waals surface area (Å²) < 4.78 is 40.2. The van der Waals surface area contributed by atoms with Gasteiger partial charge in [-0.3, -0.25) is 4.79 Å². The molecule has 0 spiro atoms. The number of rotatable bonds is 5. The van der Waals surface area contributed by atoms with Crippen LogP contribution < -0.4 is 11.5 Å². The van der Waals surface area contributed by atoms with Crippen LogP contribution in [0.4, 0.5) is 19.0 Å². The van der Waals surface area contributed by atoms with E-state index in [4.69, 9.17) is 11.5 Å². The molecule has 0 fully saturated rings. The Hall–Kier alpha value is -2.03. The Balaban J connectivity index is 0.00000312. The third-order valence-electron chi connectivity index (χ3n) is 3.24. The van der Waals surface area contributed by atoms with Gasteiger partial charge in [-0.15, -0.1) is 24.8 Å². The van der Waals surface area contributed by atoms with Gasteiger partial charge in [-0.25, -0.2) is 4.98 Å². The number of alkyl halides is 3. The summed E-state index contributed by atoms with van der Waals surface area (Å²) in [7, 11) is 0. The lowest BCUT2D eigenvalue weighted by atomic mass is 10.0. The number of carbonyl (C=O) groups is 1. The monoisotopic (exact) mass is 411 g/mol. The van der Waals surface area contributed by atoms with E-state index in [1.54, 1.807) is 36.5 Å². The maximum Gasteiger partial charge on any atom is 0.422 e. The van der Waals surface area contributed by atoms with Crippen LogP contribution in [0.5, 0.6) is 0 Å². The first-order valence-corrected chi connectivity index (χ1v) is 7.05. The Kier molecular flexibility index (Phi) is 9.40. The van der Waals surface area contributed by atoms with Crippen LogP contribution in [0.2, 0.25) is 0 Å². The molecule has 0 radical (unpaired) electrons. The van der Waals surface area contributed by atoms with Crippen LogP contribution >= 0.6 is 24.8 Å². The highest BCUT2D eigenvalue weighted by atomic mass is 35.5. The molecule has 144 valence electrons. The fourth-order valence-corrected chi connectivity index (χ4v) is 2.08. The molecule has 0 saturated carbocycles. The van der Waals surface area contributed by atoms with E-state index in [9.17, 15) is 18.0 Å². The van der Waals surface area contributed by atoms with Gasteiger partial charge in [0.25, 0.3) is 0 Å². The molecule has 1 atom stereocenters. The van der Waals surface area contributed by atoms with Crippen molar-refractivity contribution < 1.29 is 22.7 Å². The first kappa shape index (κ1) is 24.0. The number of esters is 1. The number of benzene rings is 1. The van der Waals surface area contributed by atoms with E-state index in [0.29, 0.717) is 11.4 Å². The highest BCUT2D eigenvalue weighted by Gasteiger charge is 2.30. The summed E-state index contributed by atoms with van der Waals surface area (Å²) in [6.07, 6.45) is -2.92. The first-order chi connectivity index (χ1) is 11.3. The van der Waals surface area contributed by atoms with Gasteiger partial charge < -0.3 is 16.2 Å². The van der Waals surface area contributed by atoms with Gasteiger partial charge in [-0.2, -0.15) is 13.2 Å². The molecule has 0 aliphatic rings. The molecule has 10 heteroatoms. The van der Waals surface area contributed by atoms with Crippen LogP contribution in [0.3, 0.4) is 0 Å². The lowest BCUT2D eigenvalue weighted by Crippen LogP contribution is -2.36. The van der Waals surface area contributed by atoms with E-state index in [1.807, 2.05) is 6.07 Å². The van der Waals surface area contributed by atoms with Crippen LogP contribution in [0.25, 0.3) is 11.1 Å². The molecule has 1 aromatic carbocycles. The molecule has 0 bridgehead atoms. The third-order valence-corrected chi connectivity index (χ3v) is 3.24. The van der Waals surface area contributed by atoms with Crippen LogP contribution in [0, 0.1) is 0 Å². The minimum Gasteiger partial charge on any atom is -0.455 e. The minimum absolute atomic E-state index is 0. The molecule has 2 rings (SSSR count). The predicted octanol–water partition coefficient (Wildman–Crippen LogP) is 3.15. The molecule has 0 aliphatic carbocycles. The van der Waals surface area contributed by atoms with Gasteiger partial charge in [-0.05, 0) is 29.7 Å². The summed E-state index contributed by atoms with van der Waals surface area (Å²) in [5.74, 6) is -0.703. The van der Waals surface area contributed by atoms with Crippen LogP contribution in [0.15, 0.2) is 42.6 Å². The smallest absolute Gasteiger partial charge is 0.422 e. The molecule has 0 saturated heterocycles. The maximum absolute atomic E-state index is 12.0. The highest BCUT2D eigenvalue weighted by Crippen LogP contribution is 2.24. The lowest BCUT2D eigenvalue weighted by Gasteiger charge is -2.13. The normalized spacial score (nSPS) is 11.7. The molecule has 26 heavy (non-hydrogen) atoms. The number of pyridine rings is 1. The molecule has 5 nitrogen and oxygen atoms in total. The maximum atomic E-state index is 12.0. The number of aromatic nitrogens is 1. The zero-order chi connectivity index (χ0) is 17.7. The second-order valence-electron chi connectivity index (χ2n) is 5.17. The number of halogens is 5. The number of hydrogen-bond donors (Lipinski definition) is 2. The van der Waals surface area contributed by atoms with E-state index < -0.39 is 24.8 Å². The van der Waals surface area contributed by atoms with Gasteiger partial charge in [0.15, 0.2) is 6.61 Å². The van der Waals surface area contributed by atoms with Crippen LogP contribution in [0.1, 0.15) is 5.56 Å². The van der Waals surface area contributed by atoms with E-state index in [2.05, 4.69) is 9.72 Å². The lowest BCUT2D eigenvalue weighted by molar-refractivity contribution is -0.187. The van der Waals surface area contributed by atoms with Crippen molar-refractivity contribution in [1.82, 2.24) is 4.98 Å². The quantitative estimate of drug-likeness (QED) is 0.737. The Labute approximate surface area is 160 Å². The van der Waals surface area contributed by atoms with Crippen molar-refractivity contribution in [3.8, 4) is 11.1 Å². The fourth-order valence-electron chi connectivity index (χ4n) is 2.08. The zero-order valence-corrected chi connectivity index (χ0v) is 15.0. The van der Waals surface area contributed by atoms with Crippen molar-refractivity contribution in [2.75, 3.05) is 12.3 Å². The van der Waals surface area contributed by atoms with Gasteiger partial charge in [0.2, 0.25) is 0 Å². The first-order valence-electron chi connectivity index (χ1n) is 7.05. The number of nitrogens with two attached hydrogens (primary N) is 2. The molecular formula is C16H18Cl2F3N3O2. The predicted molar refractivity (Wildman–Crippen MR) is 97.3 cm³/mol. The molecule has 1 aromatic heterocycles. The topological polar surface area (TPSA) is 91.2 Å². The average molecular weight is 412 g/mol. The van der Waals surface area contributed by atoms with E-state index in [-0.39, 0.29) is 31.2 Å². The minimum atomic E-state index is -4.57. The van der Waals surface area contributed by atoms with Crippen molar-refractivity contribution in [3.63, 3.8) is 0 Å². The third kappa shape index (κ3) is 7.07. The van der Waals surface area contributed by atoms with Gasteiger partial charge in [0.1, 0.15) is 11.9 Å². The summed E-state index contributed by atoms with van der Waals surface area (Å²) in [6.45, 7) is -1.64. The van der Waals surface area contributed by atoms with Gasteiger partial charge in [0.05, 0.1) is 0 Å². The molecule has 4 N–H and O–H groups in total. The van der Waals surface area contributed by atoms with E-state index in [0.717, 1.165) is 11.1 Å². The van der Waals surface area contributed by atoms with Gasteiger partial charge in [-0.1, -0.05) is 24.3 Å². The summed E-state index contributed by atoms with van der Waals surface area (Å²) in [4.78, 5) is 15.4.